The van der Waals surface area contributed by atoms with Crippen LogP contribution in [0.1, 0.15) is 44.1 Å². The molecule has 0 spiro atoms. The van der Waals surface area contributed by atoms with Gasteiger partial charge < -0.3 is 37.6 Å². The smallest absolute Gasteiger partial charge is 0.326 e. The Bertz CT molecular complexity index is 919. The van der Waals surface area contributed by atoms with Crippen LogP contribution in [0.4, 0.5) is 0 Å². The molecule has 12 nitrogen and oxygen atoms in total. The maximum absolute atomic E-state index is 13.1. The van der Waals surface area contributed by atoms with Crippen molar-refractivity contribution in [2.45, 2.75) is 69.1 Å². The first-order valence-corrected chi connectivity index (χ1v) is 13.8. The summed E-state index contributed by atoms with van der Waals surface area (Å²) in [6.07, 6.45) is 2.80. The fourth-order valence-corrected chi connectivity index (χ4v) is 4.05. The van der Waals surface area contributed by atoms with E-state index in [2.05, 4.69) is 16.0 Å². The zero-order chi connectivity index (χ0) is 28.5. The number of hydrogen-bond acceptors (Lipinski definition) is 8. The second-order valence-corrected chi connectivity index (χ2v) is 9.80. The van der Waals surface area contributed by atoms with Crippen LogP contribution in [0.15, 0.2) is 30.3 Å². The third-order valence-corrected chi connectivity index (χ3v) is 6.36. The molecule has 0 aromatic heterocycles. The van der Waals surface area contributed by atoms with E-state index in [0.29, 0.717) is 25.1 Å². The Kier molecular flexibility index (Phi) is 15.7. The number of thioether (sulfide) groups is 1. The molecule has 212 valence electrons. The zero-order valence-corrected chi connectivity index (χ0v) is 22.4. The number of carboxylic acid groups (broad SMARTS) is 2. The molecule has 0 saturated carbocycles. The molecule has 0 radical (unpaired) electrons. The van der Waals surface area contributed by atoms with E-state index in [9.17, 15) is 29.1 Å². The van der Waals surface area contributed by atoms with Crippen molar-refractivity contribution in [2.24, 2.45) is 11.5 Å². The first-order chi connectivity index (χ1) is 18.1. The van der Waals surface area contributed by atoms with E-state index in [4.69, 9.17) is 16.6 Å². The van der Waals surface area contributed by atoms with Crippen LogP contribution in [0.25, 0.3) is 0 Å². The van der Waals surface area contributed by atoms with Crippen molar-refractivity contribution in [1.29, 1.82) is 0 Å². The molecule has 9 N–H and O–H groups in total. The molecule has 1 aromatic carbocycles. The quantitative estimate of drug-likeness (QED) is 0.112. The molecule has 13 heteroatoms. The Morgan fingerprint density at radius 1 is 0.842 bits per heavy atom. The molecule has 38 heavy (non-hydrogen) atoms. The minimum absolute atomic E-state index is 0.177. The van der Waals surface area contributed by atoms with Crippen LogP contribution in [-0.2, 0) is 30.4 Å². The van der Waals surface area contributed by atoms with Crippen LogP contribution < -0.4 is 27.4 Å². The molecule has 0 aliphatic rings. The summed E-state index contributed by atoms with van der Waals surface area (Å²) in [6.45, 7) is 0.365. The molecular formula is C25H39N5O7S. The van der Waals surface area contributed by atoms with E-state index in [0.717, 1.165) is 5.56 Å². The van der Waals surface area contributed by atoms with Crippen molar-refractivity contribution in [2.75, 3.05) is 18.6 Å². The molecule has 0 fully saturated rings. The van der Waals surface area contributed by atoms with Crippen LogP contribution >= 0.6 is 11.8 Å². The first kappa shape index (κ1) is 32.9. The van der Waals surface area contributed by atoms with Gasteiger partial charge in [0.15, 0.2) is 0 Å². The molecule has 1 aromatic rings. The molecule has 0 saturated heterocycles. The van der Waals surface area contributed by atoms with Crippen molar-refractivity contribution in [3.8, 4) is 0 Å². The van der Waals surface area contributed by atoms with E-state index >= 15 is 0 Å². The molecule has 0 aliphatic carbocycles. The highest BCUT2D eigenvalue weighted by Crippen LogP contribution is 2.08. The molecule has 4 atom stereocenters. The van der Waals surface area contributed by atoms with Gasteiger partial charge in [-0.05, 0) is 62.6 Å². The van der Waals surface area contributed by atoms with Gasteiger partial charge in [0.1, 0.15) is 18.1 Å². The Hall–Kier alpha value is -3.16. The highest BCUT2D eigenvalue weighted by Gasteiger charge is 2.30. The summed E-state index contributed by atoms with van der Waals surface area (Å²) >= 11 is 1.43. The van der Waals surface area contributed by atoms with Gasteiger partial charge in [-0.1, -0.05) is 30.3 Å². The number of hydrogen-bond donors (Lipinski definition) is 7. The lowest BCUT2D eigenvalue weighted by Crippen LogP contribution is -2.57. The number of benzene rings is 1. The molecule has 0 aliphatic heterocycles. The summed E-state index contributed by atoms with van der Waals surface area (Å²) < 4.78 is 0. The van der Waals surface area contributed by atoms with Crippen molar-refractivity contribution in [3.63, 3.8) is 0 Å². The number of nitrogens with one attached hydrogen (secondary N) is 3. The van der Waals surface area contributed by atoms with E-state index in [-0.39, 0.29) is 25.7 Å². The van der Waals surface area contributed by atoms with Gasteiger partial charge in [0, 0.05) is 6.42 Å². The molecular weight excluding hydrogens is 514 g/mol. The summed E-state index contributed by atoms with van der Waals surface area (Å²) in [5, 5.41) is 26.1. The summed E-state index contributed by atoms with van der Waals surface area (Å²) in [6, 6.07) is 4.53. The Balaban J connectivity index is 2.98. The van der Waals surface area contributed by atoms with E-state index in [1.165, 1.54) is 11.8 Å². The number of amides is 3. The van der Waals surface area contributed by atoms with Gasteiger partial charge >= 0.3 is 11.9 Å². The van der Waals surface area contributed by atoms with E-state index in [1.54, 1.807) is 24.3 Å². The number of nitrogens with two attached hydrogens (primary N) is 2. The van der Waals surface area contributed by atoms with Crippen LogP contribution in [0, 0.1) is 0 Å². The third-order valence-electron chi connectivity index (χ3n) is 5.72. The highest BCUT2D eigenvalue weighted by atomic mass is 32.2. The summed E-state index contributed by atoms with van der Waals surface area (Å²) in [4.78, 5) is 61.5. The third kappa shape index (κ3) is 12.9. The van der Waals surface area contributed by atoms with Crippen LogP contribution in [0.5, 0.6) is 0 Å². The summed E-state index contributed by atoms with van der Waals surface area (Å²) in [7, 11) is 0. The number of rotatable bonds is 19. The number of unbranched alkanes of at least 4 members (excludes halogenated alkanes) is 1. The number of carboxylic acids is 2. The van der Waals surface area contributed by atoms with Crippen LogP contribution in [-0.4, -0.2) is 82.6 Å². The van der Waals surface area contributed by atoms with Crippen LogP contribution in [0.3, 0.4) is 0 Å². The predicted octanol–water partition coefficient (Wildman–Crippen LogP) is -0.158. The van der Waals surface area contributed by atoms with Crippen molar-refractivity contribution in [3.05, 3.63) is 35.9 Å². The topological polar surface area (TPSA) is 214 Å². The molecule has 3 amide bonds. The summed E-state index contributed by atoms with van der Waals surface area (Å²) in [5.41, 5.74) is 12.4. The van der Waals surface area contributed by atoms with E-state index in [1.807, 2.05) is 12.3 Å². The molecule has 4 unspecified atom stereocenters. The van der Waals surface area contributed by atoms with Crippen LogP contribution in [0.2, 0.25) is 0 Å². The molecule has 0 bridgehead atoms. The normalized spacial score (nSPS) is 14.0. The number of aliphatic carboxylic acids is 2. The lowest BCUT2D eigenvalue weighted by atomic mass is 10.0. The van der Waals surface area contributed by atoms with Crippen molar-refractivity contribution >= 4 is 41.4 Å². The van der Waals surface area contributed by atoms with Gasteiger partial charge in [0.05, 0.1) is 6.04 Å². The average Bonchev–Trinajstić information content (AvgIpc) is 2.88. The second-order valence-electron chi connectivity index (χ2n) is 8.82. The van der Waals surface area contributed by atoms with E-state index < -0.39 is 60.2 Å². The Morgan fingerprint density at radius 2 is 1.42 bits per heavy atom. The fraction of sp³-hybridized carbons (Fsp3) is 0.560. The largest absolute Gasteiger partial charge is 0.481 e. The van der Waals surface area contributed by atoms with Gasteiger partial charge in [0.25, 0.3) is 0 Å². The first-order valence-electron chi connectivity index (χ1n) is 12.4. The minimum Gasteiger partial charge on any atom is -0.481 e. The number of carbonyl (C=O) groups is 5. The van der Waals surface area contributed by atoms with Gasteiger partial charge in [-0.3, -0.25) is 19.2 Å². The maximum atomic E-state index is 13.1. The lowest BCUT2D eigenvalue weighted by molar-refractivity contribution is -0.142. The highest BCUT2D eigenvalue weighted by molar-refractivity contribution is 7.98. The predicted molar refractivity (Wildman–Crippen MR) is 144 cm³/mol. The number of carbonyl (C=O) groups excluding carboxylic acids is 3. The second kappa shape index (κ2) is 18.2. The monoisotopic (exact) mass is 553 g/mol. The fourth-order valence-electron chi connectivity index (χ4n) is 3.58. The standard InChI is InChI=1S/C25H39N5O7S/c1-38-14-12-20(25(36)37)30-23(34)18(9-5-6-13-26)29-24(35)19(10-11-21(31)32)28-22(33)17(27)15-16-7-3-2-4-8-16/h2-4,7-8,17-20H,5-6,9-15,26-27H2,1H3,(H,28,33)(H,29,35)(H,30,34)(H,31,32)(H,36,37). The zero-order valence-electron chi connectivity index (χ0n) is 21.6. The lowest BCUT2D eigenvalue weighted by Gasteiger charge is -2.25. The van der Waals surface area contributed by atoms with Crippen molar-refractivity contribution < 1.29 is 34.2 Å². The average molecular weight is 554 g/mol. The van der Waals surface area contributed by atoms with Gasteiger partial charge in [-0.25, -0.2) is 4.79 Å². The molecule has 1 rings (SSSR count). The van der Waals surface area contributed by atoms with Gasteiger partial charge in [-0.2, -0.15) is 11.8 Å². The summed E-state index contributed by atoms with van der Waals surface area (Å²) in [5.74, 6) is -3.96. The minimum atomic E-state index is -1.27. The van der Waals surface area contributed by atoms with Gasteiger partial charge in [-0.15, -0.1) is 0 Å². The van der Waals surface area contributed by atoms with Gasteiger partial charge in [0.2, 0.25) is 17.7 Å². The molecule has 0 heterocycles. The Labute approximate surface area is 226 Å². The van der Waals surface area contributed by atoms with Crippen molar-refractivity contribution in [1.82, 2.24) is 16.0 Å². The Morgan fingerprint density at radius 3 is 1.97 bits per heavy atom. The SMILES string of the molecule is CSCCC(NC(=O)C(CCCCN)NC(=O)C(CCC(=O)O)NC(=O)C(N)Cc1ccccc1)C(=O)O. The maximum Gasteiger partial charge on any atom is 0.326 e.